The fraction of sp³-hybridized carbons (Fsp3) is 0.350. The van der Waals surface area contributed by atoms with Crippen molar-refractivity contribution in [3.63, 3.8) is 0 Å². The summed E-state index contributed by atoms with van der Waals surface area (Å²) < 4.78 is 45.4. The summed E-state index contributed by atoms with van der Waals surface area (Å²) in [5.41, 5.74) is 1.49. The monoisotopic (exact) mass is 408 g/mol. The van der Waals surface area contributed by atoms with E-state index in [0.29, 0.717) is 0 Å². The smallest absolute Gasteiger partial charge is 0.247 e. The number of rotatable bonds is 8. The molecule has 1 amide bonds. The highest BCUT2D eigenvalue weighted by atomic mass is 32.2. The Balaban J connectivity index is 2.17. The Morgan fingerprint density at radius 3 is 2.43 bits per heavy atom. The minimum atomic E-state index is -3.92. The number of aryl methyl sites for hydroxylation is 1. The fourth-order valence-electron chi connectivity index (χ4n) is 2.77. The quantitative estimate of drug-likeness (QED) is 0.729. The number of ether oxygens (including phenoxy) is 1. The van der Waals surface area contributed by atoms with Gasteiger partial charge < -0.3 is 10.1 Å². The van der Waals surface area contributed by atoms with Gasteiger partial charge in [0.25, 0.3) is 0 Å². The van der Waals surface area contributed by atoms with Crippen molar-refractivity contribution in [2.75, 3.05) is 20.2 Å². The summed E-state index contributed by atoms with van der Waals surface area (Å²) >= 11 is 0. The molecule has 8 heteroatoms. The van der Waals surface area contributed by atoms with Gasteiger partial charge in [0.1, 0.15) is 16.5 Å². The molecule has 152 valence electrons. The summed E-state index contributed by atoms with van der Waals surface area (Å²) in [6, 6.07) is 10.3. The number of benzene rings is 2. The normalized spacial score (nSPS) is 12.6. The lowest BCUT2D eigenvalue weighted by Gasteiger charge is -2.23. The number of halogens is 1. The topological polar surface area (TPSA) is 75.7 Å². The Kier molecular flexibility index (Phi) is 7.15. The number of nitrogens with zero attached hydrogens (tertiary/aromatic N) is 1. The van der Waals surface area contributed by atoms with Crippen LogP contribution in [-0.2, 0) is 14.8 Å². The average Bonchev–Trinajstić information content (AvgIpc) is 2.66. The molecule has 0 aliphatic carbocycles. The average molecular weight is 408 g/mol. The maximum atomic E-state index is 13.0. The van der Waals surface area contributed by atoms with Crippen LogP contribution >= 0.6 is 0 Å². The number of likely N-dealkylation sites (N-methyl/N-ethyl adjacent to an activating group) is 1. The molecule has 1 N–H and O–H groups in total. The molecule has 0 saturated carbocycles. The molecule has 0 saturated heterocycles. The van der Waals surface area contributed by atoms with Crippen LogP contribution < -0.4 is 10.1 Å². The van der Waals surface area contributed by atoms with Crippen LogP contribution in [0, 0.1) is 12.7 Å². The number of hydrogen-bond acceptors (Lipinski definition) is 4. The second-order valence-electron chi connectivity index (χ2n) is 6.43. The summed E-state index contributed by atoms with van der Waals surface area (Å²) in [4.78, 5) is 12.5. The summed E-state index contributed by atoms with van der Waals surface area (Å²) in [6.45, 7) is 4.99. The molecule has 0 spiro atoms. The largest absolute Gasteiger partial charge is 0.495 e. The number of amides is 1. The molecule has 0 bridgehead atoms. The van der Waals surface area contributed by atoms with Crippen LogP contribution in [0.5, 0.6) is 5.75 Å². The van der Waals surface area contributed by atoms with Crippen molar-refractivity contribution in [2.45, 2.75) is 31.7 Å². The Labute approximate surface area is 165 Å². The van der Waals surface area contributed by atoms with Crippen molar-refractivity contribution in [3.05, 3.63) is 59.4 Å². The Hall–Kier alpha value is -2.45. The van der Waals surface area contributed by atoms with E-state index >= 15 is 0 Å². The van der Waals surface area contributed by atoms with Crippen LogP contribution in [0.1, 0.15) is 31.0 Å². The Morgan fingerprint density at radius 2 is 1.86 bits per heavy atom. The van der Waals surface area contributed by atoms with E-state index in [4.69, 9.17) is 4.74 Å². The van der Waals surface area contributed by atoms with E-state index in [1.54, 1.807) is 45.0 Å². The van der Waals surface area contributed by atoms with E-state index in [9.17, 15) is 17.6 Å². The lowest BCUT2D eigenvalue weighted by molar-refractivity contribution is -0.121. The van der Waals surface area contributed by atoms with E-state index in [-0.39, 0.29) is 35.6 Å². The van der Waals surface area contributed by atoms with Gasteiger partial charge in [-0.15, -0.1) is 0 Å². The molecule has 0 aromatic heterocycles. The number of hydrogen-bond donors (Lipinski definition) is 1. The molecule has 1 atom stereocenters. The predicted octanol–water partition coefficient (Wildman–Crippen LogP) is 3.03. The maximum absolute atomic E-state index is 13.0. The van der Waals surface area contributed by atoms with Crippen molar-refractivity contribution in [2.24, 2.45) is 0 Å². The van der Waals surface area contributed by atoms with E-state index in [1.807, 2.05) is 0 Å². The zero-order chi connectivity index (χ0) is 20.9. The number of sulfonamides is 1. The number of carbonyl (C=O) groups is 1. The van der Waals surface area contributed by atoms with Crippen LogP contribution in [0.4, 0.5) is 4.39 Å². The van der Waals surface area contributed by atoms with E-state index in [1.165, 1.54) is 25.3 Å². The number of nitrogens with one attached hydrogen (secondary N) is 1. The molecule has 6 nitrogen and oxygen atoms in total. The zero-order valence-electron chi connectivity index (χ0n) is 16.4. The summed E-state index contributed by atoms with van der Waals surface area (Å²) in [6.07, 6.45) is 0. The minimum Gasteiger partial charge on any atom is -0.495 e. The van der Waals surface area contributed by atoms with Gasteiger partial charge in [0.05, 0.1) is 19.7 Å². The van der Waals surface area contributed by atoms with Crippen molar-refractivity contribution in [3.8, 4) is 5.75 Å². The van der Waals surface area contributed by atoms with Crippen molar-refractivity contribution in [1.82, 2.24) is 9.62 Å². The van der Waals surface area contributed by atoms with Crippen LogP contribution in [0.3, 0.4) is 0 Å². The molecule has 0 aliphatic rings. The molecular formula is C20H25FN2O4S. The highest BCUT2D eigenvalue weighted by Crippen LogP contribution is 2.27. The Bertz CT molecular complexity index is 930. The summed E-state index contributed by atoms with van der Waals surface area (Å²) in [5.74, 6) is -0.587. The van der Waals surface area contributed by atoms with Crippen LogP contribution in [0.25, 0.3) is 0 Å². The molecule has 2 aromatic rings. The van der Waals surface area contributed by atoms with Gasteiger partial charge in [-0.3, -0.25) is 4.79 Å². The molecule has 28 heavy (non-hydrogen) atoms. The highest BCUT2D eigenvalue weighted by molar-refractivity contribution is 7.89. The first-order valence-electron chi connectivity index (χ1n) is 8.88. The summed E-state index contributed by atoms with van der Waals surface area (Å²) in [7, 11) is -2.52. The third kappa shape index (κ3) is 5.08. The SMILES string of the molecule is CCN(CC(=O)N[C@H](C)c1ccc(F)cc1)S(=O)(=O)c1cc(C)ccc1OC. The third-order valence-electron chi connectivity index (χ3n) is 4.36. The van der Waals surface area contributed by atoms with Crippen LogP contribution in [0.2, 0.25) is 0 Å². The molecule has 0 fully saturated rings. The van der Waals surface area contributed by atoms with Crippen molar-refractivity contribution < 1.29 is 22.3 Å². The molecular weight excluding hydrogens is 383 g/mol. The van der Waals surface area contributed by atoms with Crippen LogP contribution in [0.15, 0.2) is 47.4 Å². The zero-order valence-corrected chi connectivity index (χ0v) is 17.2. The molecule has 2 aromatic carbocycles. The predicted molar refractivity (Wildman–Crippen MR) is 105 cm³/mol. The van der Waals surface area contributed by atoms with E-state index in [0.717, 1.165) is 15.4 Å². The molecule has 0 aliphatic heterocycles. The summed E-state index contributed by atoms with van der Waals surface area (Å²) in [5, 5.41) is 2.75. The molecule has 2 rings (SSSR count). The van der Waals surface area contributed by atoms with E-state index < -0.39 is 15.9 Å². The van der Waals surface area contributed by atoms with Gasteiger partial charge in [0.15, 0.2) is 0 Å². The van der Waals surface area contributed by atoms with Gasteiger partial charge in [-0.05, 0) is 49.2 Å². The van der Waals surface area contributed by atoms with Gasteiger partial charge in [-0.25, -0.2) is 12.8 Å². The fourth-order valence-corrected chi connectivity index (χ4v) is 4.42. The third-order valence-corrected chi connectivity index (χ3v) is 6.30. The number of methoxy groups -OCH3 is 1. The van der Waals surface area contributed by atoms with Gasteiger partial charge in [0.2, 0.25) is 15.9 Å². The van der Waals surface area contributed by atoms with Crippen molar-refractivity contribution >= 4 is 15.9 Å². The maximum Gasteiger partial charge on any atom is 0.247 e. The minimum absolute atomic E-state index is 0.0243. The Morgan fingerprint density at radius 1 is 1.21 bits per heavy atom. The van der Waals surface area contributed by atoms with Crippen molar-refractivity contribution in [1.29, 1.82) is 0 Å². The molecule has 0 heterocycles. The standard InChI is InChI=1S/C20H25FN2O4S/c1-5-23(28(25,26)19-12-14(2)6-11-18(19)27-4)13-20(24)22-15(3)16-7-9-17(21)10-8-16/h6-12,15H,5,13H2,1-4H3,(H,22,24)/t15-/m1/s1. The first-order chi connectivity index (χ1) is 13.2. The van der Waals surface area contributed by atoms with E-state index in [2.05, 4.69) is 5.32 Å². The second-order valence-corrected chi connectivity index (χ2v) is 8.33. The van der Waals surface area contributed by atoms with Gasteiger partial charge in [0, 0.05) is 6.54 Å². The lowest BCUT2D eigenvalue weighted by atomic mass is 10.1. The second kappa shape index (κ2) is 9.16. The molecule has 0 radical (unpaired) electrons. The number of carbonyl (C=O) groups excluding carboxylic acids is 1. The first kappa shape index (κ1) is 21.8. The van der Waals surface area contributed by atoms with Gasteiger partial charge >= 0.3 is 0 Å². The van der Waals surface area contributed by atoms with Gasteiger partial charge in [-0.1, -0.05) is 25.1 Å². The lowest BCUT2D eigenvalue weighted by Crippen LogP contribution is -2.41. The molecule has 0 unspecified atom stereocenters. The van der Waals surface area contributed by atoms with Crippen LogP contribution in [-0.4, -0.2) is 38.8 Å². The first-order valence-corrected chi connectivity index (χ1v) is 10.3. The highest BCUT2D eigenvalue weighted by Gasteiger charge is 2.28. The van der Waals surface area contributed by atoms with Gasteiger partial charge in [-0.2, -0.15) is 4.31 Å².